The van der Waals surface area contributed by atoms with Crippen LogP contribution in [0.15, 0.2) is 54.6 Å². The predicted octanol–water partition coefficient (Wildman–Crippen LogP) is 3.89. The lowest BCUT2D eigenvalue weighted by Crippen LogP contribution is -2.16. The highest BCUT2D eigenvalue weighted by Gasteiger charge is 2.06. The molecule has 0 fully saturated rings. The zero-order valence-corrected chi connectivity index (χ0v) is 11.1. The smallest absolute Gasteiger partial charge is 0.410 e. The van der Waals surface area contributed by atoms with Crippen molar-refractivity contribution in [1.29, 1.82) is 0 Å². The number of para-hydroxylation sites is 1. The second kappa shape index (κ2) is 6.52. The number of carbonyl (C=O) groups excluding carboxylic acids is 2. The lowest BCUT2D eigenvalue weighted by molar-refractivity contribution is 0.0988. The maximum Gasteiger partial charge on any atom is 0.417 e. The largest absolute Gasteiger partial charge is 0.417 e. The van der Waals surface area contributed by atoms with E-state index >= 15 is 0 Å². The number of anilines is 1. The van der Waals surface area contributed by atoms with Crippen LogP contribution in [-0.2, 0) is 0 Å². The van der Waals surface area contributed by atoms with Gasteiger partial charge in [0, 0.05) is 17.7 Å². The van der Waals surface area contributed by atoms with Crippen molar-refractivity contribution in [2.24, 2.45) is 0 Å². The molecule has 2 aromatic carbocycles. The number of ether oxygens (including phenoxy) is 1. The molecule has 0 aliphatic rings. The zero-order valence-electron chi connectivity index (χ0n) is 11.1. The first-order chi connectivity index (χ1) is 9.69. The Labute approximate surface area is 117 Å². The second-order valence-electron chi connectivity index (χ2n) is 4.18. The number of rotatable bonds is 4. The number of carbonyl (C=O) groups is 2. The first kappa shape index (κ1) is 13.8. The van der Waals surface area contributed by atoms with Gasteiger partial charge in [0.25, 0.3) is 0 Å². The lowest BCUT2D eigenvalue weighted by atomic mass is 10.1. The SMILES string of the molecule is CCC(=O)c1ccc(OC(=O)Nc2ccccc2)cc1. The van der Waals surface area contributed by atoms with Crippen LogP contribution < -0.4 is 10.1 Å². The average molecular weight is 269 g/mol. The number of hydrogen-bond donors (Lipinski definition) is 1. The normalized spacial score (nSPS) is 9.85. The van der Waals surface area contributed by atoms with E-state index in [4.69, 9.17) is 4.74 Å². The topological polar surface area (TPSA) is 55.4 Å². The number of ketones is 1. The zero-order chi connectivity index (χ0) is 14.4. The summed E-state index contributed by atoms with van der Waals surface area (Å²) in [6.45, 7) is 1.81. The van der Waals surface area contributed by atoms with Gasteiger partial charge in [-0.1, -0.05) is 25.1 Å². The highest BCUT2D eigenvalue weighted by Crippen LogP contribution is 2.14. The molecule has 1 N–H and O–H groups in total. The van der Waals surface area contributed by atoms with Crippen molar-refractivity contribution in [3.63, 3.8) is 0 Å². The number of hydrogen-bond acceptors (Lipinski definition) is 3. The Morgan fingerprint density at radius 1 is 1.00 bits per heavy atom. The Hall–Kier alpha value is -2.62. The van der Waals surface area contributed by atoms with E-state index in [0.717, 1.165) is 0 Å². The molecule has 2 rings (SSSR count). The molecule has 0 aliphatic carbocycles. The first-order valence-electron chi connectivity index (χ1n) is 6.36. The molecule has 0 saturated carbocycles. The Morgan fingerprint density at radius 3 is 2.25 bits per heavy atom. The fourth-order valence-corrected chi connectivity index (χ4v) is 1.68. The molecule has 0 unspecified atom stereocenters. The van der Waals surface area contributed by atoms with E-state index in [9.17, 15) is 9.59 Å². The Balaban J connectivity index is 1.96. The van der Waals surface area contributed by atoms with Gasteiger partial charge in [-0.2, -0.15) is 0 Å². The van der Waals surface area contributed by atoms with E-state index in [1.165, 1.54) is 0 Å². The van der Waals surface area contributed by atoms with Crippen LogP contribution in [0.25, 0.3) is 0 Å². The molecule has 0 heterocycles. The third kappa shape index (κ3) is 3.68. The minimum absolute atomic E-state index is 0.0605. The van der Waals surface area contributed by atoms with Crippen molar-refractivity contribution >= 4 is 17.6 Å². The van der Waals surface area contributed by atoms with Crippen molar-refractivity contribution in [3.05, 3.63) is 60.2 Å². The van der Waals surface area contributed by atoms with Crippen LogP contribution in [0.1, 0.15) is 23.7 Å². The minimum Gasteiger partial charge on any atom is -0.410 e. The van der Waals surface area contributed by atoms with Crippen molar-refractivity contribution in [2.45, 2.75) is 13.3 Å². The first-order valence-corrected chi connectivity index (χ1v) is 6.36. The maximum absolute atomic E-state index is 11.7. The highest BCUT2D eigenvalue weighted by molar-refractivity contribution is 5.96. The Bertz CT molecular complexity index is 591. The van der Waals surface area contributed by atoms with Gasteiger partial charge < -0.3 is 4.74 Å². The molecule has 4 heteroatoms. The average Bonchev–Trinajstić information content (AvgIpc) is 2.48. The van der Waals surface area contributed by atoms with Crippen molar-refractivity contribution < 1.29 is 14.3 Å². The minimum atomic E-state index is -0.564. The molecule has 20 heavy (non-hydrogen) atoms. The molecule has 0 atom stereocenters. The third-order valence-corrected chi connectivity index (χ3v) is 2.73. The quantitative estimate of drug-likeness (QED) is 0.857. The summed E-state index contributed by atoms with van der Waals surface area (Å²) in [6, 6.07) is 15.5. The van der Waals surface area contributed by atoms with Crippen LogP contribution in [0.2, 0.25) is 0 Å². The number of nitrogens with one attached hydrogen (secondary N) is 1. The van der Waals surface area contributed by atoms with Crippen LogP contribution in [-0.4, -0.2) is 11.9 Å². The summed E-state index contributed by atoms with van der Waals surface area (Å²) in [7, 11) is 0. The van der Waals surface area contributed by atoms with Crippen molar-refractivity contribution in [2.75, 3.05) is 5.32 Å². The summed E-state index contributed by atoms with van der Waals surface area (Å²) in [4.78, 5) is 23.1. The van der Waals surface area contributed by atoms with Gasteiger partial charge in [-0.25, -0.2) is 4.79 Å². The van der Waals surface area contributed by atoms with E-state index < -0.39 is 6.09 Å². The summed E-state index contributed by atoms with van der Waals surface area (Å²) in [5, 5.41) is 2.61. The summed E-state index contributed by atoms with van der Waals surface area (Å²) < 4.78 is 5.13. The monoisotopic (exact) mass is 269 g/mol. The molecule has 2 aromatic rings. The standard InChI is InChI=1S/C16H15NO3/c1-2-15(18)12-8-10-14(11-9-12)20-16(19)17-13-6-4-3-5-7-13/h3-11H,2H2,1H3,(H,17,19). The molecule has 0 aromatic heterocycles. The summed E-state index contributed by atoms with van der Waals surface area (Å²) in [5.41, 5.74) is 1.28. The molecule has 0 bridgehead atoms. The molecular weight excluding hydrogens is 254 g/mol. The van der Waals surface area contributed by atoms with Gasteiger partial charge in [0.05, 0.1) is 0 Å². The third-order valence-electron chi connectivity index (χ3n) is 2.73. The van der Waals surface area contributed by atoms with Gasteiger partial charge >= 0.3 is 6.09 Å². The predicted molar refractivity (Wildman–Crippen MR) is 77.2 cm³/mol. The van der Waals surface area contributed by atoms with E-state index in [0.29, 0.717) is 23.4 Å². The van der Waals surface area contributed by atoms with Gasteiger partial charge in [0.15, 0.2) is 5.78 Å². The van der Waals surface area contributed by atoms with Crippen LogP contribution >= 0.6 is 0 Å². The van der Waals surface area contributed by atoms with Gasteiger partial charge in [0.2, 0.25) is 0 Å². The Kier molecular flexibility index (Phi) is 4.50. The molecule has 0 saturated heterocycles. The second-order valence-corrected chi connectivity index (χ2v) is 4.18. The number of Topliss-reactive ketones (excluding diaryl/α,β-unsaturated/α-hetero) is 1. The lowest BCUT2D eigenvalue weighted by Gasteiger charge is -2.06. The van der Waals surface area contributed by atoms with Gasteiger partial charge in [-0.05, 0) is 36.4 Å². The van der Waals surface area contributed by atoms with Crippen LogP contribution in [0.3, 0.4) is 0 Å². The molecule has 1 amide bonds. The van der Waals surface area contributed by atoms with E-state index in [-0.39, 0.29) is 5.78 Å². The summed E-state index contributed by atoms with van der Waals surface area (Å²) >= 11 is 0. The number of amides is 1. The molecule has 4 nitrogen and oxygen atoms in total. The van der Waals surface area contributed by atoms with E-state index in [2.05, 4.69) is 5.32 Å². The van der Waals surface area contributed by atoms with Crippen LogP contribution in [0.5, 0.6) is 5.75 Å². The van der Waals surface area contributed by atoms with Crippen molar-refractivity contribution in [1.82, 2.24) is 0 Å². The number of benzene rings is 2. The molecule has 0 spiro atoms. The maximum atomic E-state index is 11.7. The molecular formula is C16H15NO3. The van der Waals surface area contributed by atoms with Crippen LogP contribution in [0.4, 0.5) is 10.5 Å². The Morgan fingerprint density at radius 2 is 1.65 bits per heavy atom. The van der Waals surface area contributed by atoms with Gasteiger partial charge in [0.1, 0.15) is 5.75 Å². The van der Waals surface area contributed by atoms with Crippen LogP contribution in [0, 0.1) is 0 Å². The van der Waals surface area contributed by atoms with Crippen molar-refractivity contribution in [3.8, 4) is 5.75 Å². The molecule has 0 aliphatic heterocycles. The van der Waals surface area contributed by atoms with Gasteiger partial charge in [-0.3, -0.25) is 10.1 Å². The summed E-state index contributed by atoms with van der Waals surface area (Å²) in [5.74, 6) is 0.455. The fraction of sp³-hybridized carbons (Fsp3) is 0.125. The highest BCUT2D eigenvalue weighted by atomic mass is 16.6. The van der Waals surface area contributed by atoms with E-state index in [1.807, 2.05) is 18.2 Å². The summed E-state index contributed by atoms with van der Waals surface area (Å²) in [6.07, 6.45) is -0.111. The molecule has 0 radical (unpaired) electrons. The molecule has 102 valence electrons. The fourth-order valence-electron chi connectivity index (χ4n) is 1.68. The van der Waals surface area contributed by atoms with Gasteiger partial charge in [-0.15, -0.1) is 0 Å². The van der Waals surface area contributed by atoms with E-state index in [1.54, 1.807) is 43.3 Å².